The first kappa shape index (κ1) is 22.4. The third kappa shape index (κ3) is 5.78. The van der Waals surface area contributed by atoms with Gasteiger partial charge in [0.2, 0.25) is 15.0 Å². The minimum atomic E-state index is -3.56. The highest BCUT2D eigenvalue weighted by Gasteiger charge is 2.25. The van der Waals surface area contributed by atoms with E-state index < -0.39 is 9.84 Å². The predicted molar refractivity (Wildman–Crippen MR) is 117 cm³/mol. The number of benzene rings is 1. The van der Waals surface area contributed by atoms with Crippen molar-refractivity contribution in [3.63, 3.8) is 0 Å². The summed E-state index contributed by atoms with van der Waals surface area (Å²) < 4.78 is 28.0. The lowest BCUT2D eigenvalue weighted by Crippen LogP contribution is -2.39. The Morgan fingerprint density at radius 3 is 2.50 bits per heavy atom. The molecule has 1 aromatic heterocycles. The van der Waals surface area contributed by atoms with Gasteiger partial charge >= 0.3 is 0 Å². The number of hydrogen-bond donors (Lipinski definition) is 1. The van der Waals surface area contributed by atoms with Crippen molar-refractivity contribution in [2.24, 2.45) is 5.92 Å². The highest BCUT2D eigenvalue weighted by Crippen LogP contribution is 2.20. The number of aromatic nitrogens is 2. The first-order valence-electron chi connectivity index (χ1n) is 9.62. The fourth-order valence-corrected chi connectivity index (χ4v) is 4.81. The summed E-state index contributed by atoms with van der Waals surface area (Å²) in [5.74, 6) is 0.227. The normalized spacial score (nSPS) is 11.6. The van der Waals surface area contributed by atoms with Crippen molar-refractivity contribution in [2.45, 2.75) is 51.7 Å². The number of imidazole rings is 1. The predicted octanol–water partition coefficient (Wildman–Crippen LogP) is 3.23. The monoisotopic (exact) mass is 422 g/mol. The molecule has 0 aliphatic carbocycles. The van der Waals surface area contributed by atoms with E-state index >= 15 is 0 Å². The molecule has 0 saturated heterocycles. The summed E-state index contributed by atoms with van der Waals surface area (Å²) in [7, 11) is -3.56. The van der Waals surface area contributed by atoms with E-state index in [4.69, 9.17) is 12.2 Å². The molecule has 6 nitrogen and oxygen atoms in total. The van der Waals surface area contributed by atoms with Crippen LogP contribution in [0, 0.1) is 5.92 Å². The number of nitrogens with zero attached hydrogens (tertiary/aromatic N) is 3. The van der Waals surface area contributed by atoms with Crippen molar-refractivity contribution in [3.8, 4) is 0 Å². The van der Waals surface area contributed by atoms with Crippen LogP contribution >= 0.6 is 12.2 Å². The zero-order chi connectivity index (χ0) is 20.7. The fraction of sp³-hybridized carbons (Fsp3) is 0.500. The summed E-state index contributed by atoms with van der Waals surface area (Å²) in [5.41, 5.74) is 1.61. The van der Waals surface area contributed by atoms with Crippen LogP contribution < -0.4 is 5.32 Å². The maximum atomic E-state index is 13.1. The molecule has 0 radical (unpaired) electrons. The molecular weight excluding hydrogens is 392 g/mol. The van der Waals surface area contributed by atoms with Gasteiger partial charge in [-0.3, -0.25) is 0 Å². The van der Waals surface area contributed by atoms with Crippen molar-refractivity contribution in [2.75, 3.05) is 13.1 Å². The van der Waals surface area contributed by atoms with E-state index in [1.54, 1.807) is 6.20 Å². The Hall–Kier alpha value is -1.93. The molecule has 0 saturated carbocycles. The average Bonchev–Trinajstić information content (AvgIpc) is 3.02. The van der Waals surface area contributed by atoms with Gasteiger partial charge in [-0.1, -0.05) is 44.2 Å². The summed E-state index contributed by atoms with van der Waals surface area (Å²) in [6.45, 7) is 10.7. The highest BCUT2D eigenvalue weighted by molar-refractivity contribution is 7.90. The van der Waals surface area contributed by atoms with Crippen LogP contribution in [0.2, 0.25) is 0 Å². The lowest BCUT2D eigenvalue weighted by molar-refractivity contribution is 0.394. The molecule has 0 aliphatic heterocycles. The average molecular weight is 423 g/mol. The van der Waals surface area contributed by atoms with E-state index in [0.717, 1.165) is 24.3 Å². The minimum absolute atomic E-state index is 0.0598. The summed E-state index contributed by atoms with van der Waals surface area (Å²) in [5, 5.41) is 3.95. The molecule has 0 fully saturated rings. The summed E-state index contributed by atoms with van der Waals surface area (Å²) in [6.07, 6.45) is 1.66. The molecule has 1 aromatic carbocycles. The van der Waals surface area contributed by atoms with Gasteiger partial charge in [-0.25, -0.2) is 13.4 Å². The molecule has 2 aromatic rings. The SMILES string of the molecule is CCNC(=S)N(CC)Cc1cnc(S(=O)(=O)Cc2ccccc2)n1CC(C)C. The van der Waals surface area contributed by atoms with Crippen molar-refractivity contribution >= 4 is 27.2 Å². The van der Waals surface area contributed by atoms with Crippen LogP contribution in [0.3, 0.4) is 0 Å². The first-order valence-corrected chi connectivity index (χ1v) is 11.7. The molecule has 0 atom stereocenters. The Kier molecular flexibility index (Phi) is 8.00. The van der Waals surface area contributed by atoms with E-state index in [-0.39, 0.29) is 16.8 Å². The Bertz CT molecular complexity index is 877. The molecule has 0 unspecified atom stereocenters. The van der Waals surface area contributed by atoms with Gasteiger partial charge in [-0.15, -0.1) is 0 Å². The van der Waals surface area contributed by atoms with Crippen LogP contribution in [0.25, 0.3) is 0 Å². The Morgan fingerprint density at radius 1 is 1.25 bits per heavy atom. The van der Waals surface area contributed by atoms with Crippen molar-refractivity contribution in [1.82, 2.24) is 19.8 Å². The molecule has 8 heteroatoms. The second-order valence-corrected chi connectivity index (χ2v) is 9.40. The zero-order valence-electron chi connectivity index (χ0n) is 17.1. The van der Waals surface area contributed by atoms with Gasteiger partial charge in [0.1, 0.15) is 0 Å². The lowest BCUT2D eigenvalue weighted by Gasteiger charge is -2.25. The summed E-state index contributed by atoms with van der Waals surface area (Å²) >= 11 is 5.44. The Balaban J connectivity index is 2.36. The van der Waals surface area contributed by atoms with Gasteiger partial charge < -0.3 is 14.8 Å². The fourth-order valence-electron chi connectivity index (χ4n) is 2.97. The topological polar surface area (TPSA) is 67.2 Å². The molecule has 1 N–H and O–H groups in total. The maximum absolute atomic E-state index is 13.1. The number of sulfone groups is 1. The molecule has 0 aliphatic rings. The van der Waals surface area contributed by atoms with E-state index in [1.807, 2.05) is 53.6 Å². The van der Waals surface area contributed by atoms with Gasteiger partial charge in [0.05, 0.1) is 24.2 Å². The second kappa shape index (κ2) is 10.0. The third-order valence-corrected chi connectivity index (χ3v) is 6.27. The van der Waals surface area contributed by atoms with Crippen LogP contribution in [-0.2, 0) is 28.7 Å². The third-order valence-electron chi connectivity index (χ3n) is 4.28. The first-order chi connectivity index (χ1) is 13.3. The minimum Gasteiger partial charge on any atom is -0.363 e. The number of nitrogens with one attached hydrogen (secondary N) is 1. The van der Waals surface area contributed by atoms with Gasteiger partial charge in [0.15, 0.2) is 5.11 Å². The molecule has 0 spiro atoms. The molecule has 1 heterocycles. The smallest absolute Gasteiger partial charge is 0.228 e. The second-order valence-electron chi connectivity index (χ2n) is 7.13. The van der Waals surface area contributed by atoms with Crippen molar-refractivity contribution < 1.29 is 8.42 Å². The van der Waals surface area contributed by atoms with E-state index in [2.05, 4.69) is 24.1 Å². The molecule has 0 amide bonds. The van der Waals surface area contributed by atoms with Crippen LogP contribution in [-0.4, -0.2) is 41.1 Å². The molecule has 28 heavy (non-hydrogen) atoms. The maximum Gasteiger partial charge on any atom is 0.228 e. The number of hydrogen-bond acceptors (Lipinski definition) is 4. The van der Waals surface area contributed by atoms with E-state index in [9.17, 15) is 8.42 Å². The lowest BCUT2D eigenvalue weighted by atomic mass is 10.2. The van der Waals surface area contributed by atoms with E-state index in [0.29, 0.717) is 18.2 Å². The van der Waals surface area contributed by atoms with Gasteiger partial charge in [-0.05, 0) is 37.5 Å². The number of rotatable bonds is 9. The summed E-state index contributed by atoms with van der Waals surface area (Å²) in [4.78, 5) is 6.33. The van der Waals surface area contributed by atoms with Crippen LogP contribution in [0.5, 0.6) is 0 Å². The van der Waals surface area contributed by atoms with Gasteiger partial charge in [-0.2, -0.15) is 0 Å². The Morgan fingerprint density at radius 2 is 1.93 bits per heavy atom. The zero-order valence-corrected chi connectivity index (χ0v) is 18.7. The highest BCUT2D eigenvalue weighted by atomic mass is 32.2. The standard InChI is InChI=1S/C20H30N4O2S2/c1-5-21-19(27)23(6-2)14-18-12-22-20(24(18)13-16(3)4)28(25,26)15-17-10-8-7-9-11-17/h7-12,16H,5-6,13-15H2,1-4H3,(H,21,27). The summed E-state index contributed by atoms with van der Waals surface area (Å²) in [6, 6.07) is 9.21. The van der Waals surface area contributed by atoms with E-state index in [1.165, 1.54) is 0 Å². The van der Waals surface area contributed by atoms with Crippen LogP contribution in [0.4, 0.5) is 0 Å². The molecule has 0 bridgehead atoms. The quantitative estimate of drug-likeness (QED) is 0.626. The van der Waals surface area contributed by atoms with Gasteiger partial charge in [0, 0.05) is 19.6 Å². The molecular formula is C20H30N4O2S2. The van der Waals surface area contributed by atoms with Crippen molar-refractivity contribution in [3.05, 3.63) is 47.8 Å². The van der Waals surface area contributed by atoms with Crippen molar-refractivity contribution in [1.29, 1.82) is 0 Å². The Labute approximate surface area is 173 Å². The molecule has 154 valence electrons. The van der Waals surface area contributed by atoms with Crippen LogP contribution in [0.1, 0.15) is 39.0 Å². The number of thiocarbonyl (C=S) groups is 1. The van der Waals surface area contributed by atoms with Crippen LogP contribution in [0.15, 0.2) is 41.7 Å². The largest absolute Gasteiger partial charge is 0.363 e. The van der Waals surface area contributed by atoms with Gasteiger partial charge in [0.25, 0.3) is 0 Å². The molecule has 2 rings (SSSR count).